The van der Waals surface area contributed by atoms with E-state index in [0.717, 1.165) is 24.3 Å². The molecule has 1 aromatic rings. The van der Waals surface area contributed by atoms with E-state index in [1.54, 1.807) is 0 Å². The Bertz CT molecular complexity index is 413. The Morgan fingerprint density at radius 1 is 1.25 bits per heavy atom. The molecule has 0 aromatic heterocycles. The predicted octanol–water partition coefficient (Wildman–Crippen LogP) is 1.22. The Hall–Kier alpha value is -1.32. The van der Waals surface area contributed by atoms with Crippen LogP contribution in [-0.2, 0) is 6.42 Å². The molecule has 0 radical (unpaired) electrons. The second-order valence-electron chi connectivity index (χ2n) is 5.58. The normalized spacial score (nSPS) is 17.6. The second kappa shape index (κ2) is 8.08. The topological polar surface area (TPSA) is 33.9 Å². The van der Waals surface area contributed by atoms with Crippen LogP contribution in [0.3, 0.4) is 0 Å². The van der Waals surface area contributed by atoms with Gasteiger partial charge in [-0.2, -0.15) is 0 Å². The first-order valence-corrected chi connectivity index (χ1v) is 7.63. The van der Waals surface area contributed by atoms with Crippen LogP contribution in [-0.4, -0.2) is 37.5 Å². The van der Waals surface area contributed by atoms with Crippen LogP contribution in [0.15, 0.2) is 36.9 Å². The van der Waals surface area contributed by atoms with Crippen molar-refractivity contribution in [3.8, 4) is 5.75 Å². The second-order valence-corrected chi connectivity index (χ2v) is 5.58. The maximum absolute atomic E-state index is 10.1. The van der Waals surface area contributed by atoms with Gasteiger partial charge in [-0.3, -0.25) is 0 Å². The van der Waals surface area contributed by atoms with Crippen molar-refractivity contribution in [2.24, 2.45) is 0 Å². The Balaban J connectivity index is 1.80. The Morgan fingerprint density at radius 3 is 2.75 bits per heavy atom. The quantitative estimate of drug-likeness (QED) is 0.734. The lowest BCUT2D eigenvalue weighted by molar-refractivity contribution is -0.908. The van der Waals surface area contributed by atoms with E-state index in [9.17, 15) is 5.11 Å². The summed E-state index contributed by atoms with van der Waals surface area (Å²) in [5.41, 5.74) is 1.13. The predicted molar refractivity (Wildman–Crippen MR) is 81.3 cm³/mol. The average molecular weight is 276 g/mol. The molecule has 0 spiro atoms. The molecule has 0 saturated carbocycles. The summed E-state index contributed by atoms with van der Waals surface area (Å²) in [4.78, 5) is 1.51. The van der Waals surface area contributed by atoms with Gasteiger partial charge in [-0.05, 0) is 37.3 Å². The first-order valence-electron chi connectivity index (χ1n) is 7.63. The van der Waals surface area contributed by atoms with Crippen molar-refractivity contribution >= 4 is 0 Å². The number of benzene rings is 1. The van der Waals surface area contributed by atoms with E-state index in [-0.39, 0.29) is 6.10 Å². The van der Waals surface area contributed by atoms with E-state index >= 15 is 0 Å². The van der Waals surface area contributed by atoms with Gasteiger partial charge in [-0.25, -0.2) is 0 Å². The van der Waals surface area contributed by atoms with Crippen molar-refractivity contribution in [3.63, 3.8) is 0 Å². The SMILES string of the molecule is C=CCc1ccccc1OCC(O)C[NH+]1CCCCC1. The molecule has 1 heterocycles. The number of quaternary nitrogens is 1. The molecule has 1 saturated heterocycles. The van der Waals surface area contributed by atoms with Crippen molar-refractivity contribution in [2.45, 2.75) is 31.8 Å². The minimum absolute atomic E-state index is 0.373. The number of ether oxygens (including phenoxy) is 1. The molecule has 20 heavy (non-hydrogen) atoms. The number of aliphatic hydroxyl groups is 1. The van der Waals surface area contributed by atoms with Crippen LogP contribution < -0.4 is 9.64 Å². The van der Waals surface area contributed by atoms with Gasteiger partial charge in [0.2, 0.25) is 0 Å². The molecule has 1 aromatic carbocycles. The average Bonchev–Trinajstić information content (AvgIpc) is 2.48. The third kappa shape index (κ3) is 4.66. The molecule has 1 aliphatic heterocycles. The summed E-state index contributed by atoms with van der Waals surface area (Å²) in [6.45, 7) is 7.30. The van der Waals surface area contributed by atoms with E-state index in [1.807, 2.05) is 30.3 Å². The van der Waals surface area contributed by atoms with Gasteiger partial charge in [0, 0.05) is 0 Å². The van der Waals surface area contributed by atoms with Gasteiger partial charge in [0.05, 0.1) is 13.1 Å². The molecule has 3 heteroatoms. The molecular weight excluding hydrogens is 250 g/mol. The minimum Gasteiger partial charge on any atom is -0.490 e. The zero-order chi connectivity index (χ0) is 14.2. The highest BCUT2D eigenvalue weighted by Gasteiger charge is 2.18. The highest BCUT2D eigenvalue weighted by atomic mass is 16.5. The zero-order valence-electron chi connectivity index (χ0n) is 12.2. The number of piperidine rings is 1. The van der Waals surface area contributed by atoms with E-state index in [4.69, 9.17) is 4.74 Å². The number of allylic oxidation sites excluding steroid dienone is 1. The zero-order valence-corrected chi connectivity index (χ0v) is 12.2. The Labute approximate surface area is 121 Å². The summed E-state index contributed by atoms with van der Waals surface area (Å²) in [5, 5.41) is 10.1. The van der Waals surface area contributed by atoms with Crippen LogP contribution in [0.4, 0.5) is 0 Å². The minimum atomic E-state index is -0.389. The smallest absolute Gasteiger partial charge is 0.137 e. The van der Waals surface area contributed by atoms with Crippen LogP contribution >= 0.6 is 0 Å². The van der Waals surface area contributed by atoms with E-state index in [0.29, 0.717) is 6.61 Å². The summed E-state index contributed by atoms with van der Waals surface area (Å²) >= 11 is 0. The number of nitrogens with one attached hydrogen (secondary N) is 1. The molecule has 0 bridgehead atoms. The number of likely N-dealkylation sites (tertiary alicyclic amines) is 1. The molecule has 0 amide bonds. The van der Waals surface area contributed by atoms with Gasteiger partial charge in [0.1, 0.15) is 25.0 Å². The molecule has 1 atom stereocenters. The van der Waals surface area contributed by atoms with Crippen molar-refractivity contribution in [2.75, 3.05) is 26.2 Å². The van der Waals surface area contributed by atoms with Gasteiger partial charge in [0.15, 0.2) is 0 Å². The number of aliphatic hydroxyl groups excluding tert-OH is 1. The highest BCUT2D eigenvalue weighted by Crippen LogP contribution is 2.18. The van der Waals surface area contributed by atoms with Crippen molar-refractivity contribution in [3.05, 3.63) is 42.5 Å². The fourth-order valence-corrected chi connectivity index (χ4v) is 2.80. The van der Waals surface area contributed by atoms with Crippen molar-refractivity contribution in [1.29, 1.82) is 0 Å². The van der Waals surface area contributed by atoms with Gasteiger partial charge < -0.3 is 14.7 Å². The first-order chi connectivity index (χ1) is 9.79. The lowest BCUT2D eigenvalue weighted by atomic mass is 10.1. The van der Waals surface area contributed by atoms with Crippen molar-refractivity contribution in [1.82, 2.24) is 0 Å². The van der Waals surface area contributed by atoms with Crippen molar-refractivity contribution < 1.29 is 14.7 Å². The largest absolute Gasteiger partial charge is 0.490 e. The maximum atomic E-state index is 10.1. The van der Waals surface area contributed by atoms with E-state index in [2.05, 4.69) is 6.58 Å². The van der Waals surface area contributed by atoms with Crippen LogP contribution in [0.2, 0.25) is 0 Å². The molecular formula is C17H26NO2+. The Morgan fingerprint density at radius 2 is 2.00 bits per heavy atom. The third-order valence-corrected chi connectivity index (χ3v) is 3.85. The summed E-state index contributed by atoms with van der Waals surface area (Å²) in [7, 11) is 0. The summed E-state index contributed by atoms with van der Waals surface area (Å²) in [6, 6.07) is 7.96. The first kappa shape index (κ1) is 15.1. The Kier molecular flexibility index (Phi) is 6.09. The molecule has 110 valence electrons. The summed E-state index contributed by atoms with van der Waals surface area (Å²) < 4.78 is 5.78. The van der Waals surface area contributed by atoms with Crippen LogP contribution in [0.1, 0.15) is 24.8 Å². The lowest BCUT2D eigenvalue weighted by Crippen LogP contribution is -3.14. The molecule has 3 nitrogen and oxygen atoms in total. The lowest BCUT2D eigenvalue weighted by Gasteiger charge is -2.25. The maximum Gasteiger partial charge on any atom is 0.137 e. The van der Waals surface area contributed by atoms with Gasteiger partial charge in [0.25, 0.3) is 0 Å². The van der Waals surface area contributed by atoms with Crippen LogP contribution in [0, 0.1) is 0 Å². The highest BCUT2D eigenvalue weighted by molar-refractivity contribution is 5.34. The molecule has 1 fully saturated rings. The molecule has 2 N–H and O–H groups in total. The third-order valence-electron chi connectivity index (χ3n) is 3.85. The summed E-state index contributed by atoms with van der Waals surface area (Å²) in [6.07, 6.45) is 6.18. The molecule has 1 unspecified atom stereocenters. The number of hydrogen-bond donors (Lipinski definition) is 2. The molecule has 0 aliphatic carbocycles. The van der Waals surface area contributed by atoms with E-state index < -0.39 is 0 Å². The van der Waals surface area contributed by atoms with Crippen LogP contribution in [0.25, 0.3) is 0 Å². The fourth-order valence-electron chi connectivity index (χ4n) is 2.80. The van der Waals surface area contributed by atoms with Crippen LogP contribution in [0.5, 0.6) is 5.75 Å². The standard InChI is InChI=1S/C17H25NO2/c1-2-8-15-9-4-5-10-17(15)20-14-16(19)13-18-11-6-3-7-12-18/h2,4-5,9-10,16,19H,1,3,6-8,11-14H2/p+1. The fraction of sp³-hybridized carbons (Fsp3) is 0.529. The summed E-state index contributed by atoms with van der Waals surface area (Å²) in [5.74, 6) is 0.861. The molecule has 1 aliphatic rings. The monoisotopic (exact) mass is 276 g/mol. The number of para-hydroxylation sites is 1. The van der Waals surface area contributed by atoms with Gasteiger partial charge in [-0.15, -0.1) is 6.58 Å². The van der Waals surface area contributed by atoms with E-state index in [1.165, 1.54) is 37.3 Å². The van der Waals surface area contributed by atoms with Gasteiger partial charge in [-0.1, -0.05) is 24.3 Å². The number of hydrogen-bond acceptors (Lipinski definition) is 2. The van der Waals surface area contributed by atoms with Gasteiger partial charge >= 0.3 is 0 Å². The number of rotatable bonds is 7. The molecule has 2 rings (SSSR count).